The molecule has 4 aliphatic heterocycles. The second kappa shape index (κ2) is 9.21. The third-order valence-corrected chi connectivity index (χ3v) is 8.55. The summed E-state index contributed by atoms with van der Waals surface area (Å²) in [4.78, 5) is 28.7. The number of ether oxygens (including phenoxy) is 1. The Kier molecular flexibility index (Phi) is 6.05. The zero-order chi connectivity index (χ0) is 24.0. The molecule has 1 aromatic rings. The van der Waals surface area contributed by atoms with E-state index in [2.05, 4.69) is 60.9 Å². The van der Waals surface area contributed by atoms with Gasteiger partial charge in [0.2, 0.25) is 5.91 Å². The molecule has 4 heterocycles. The first-order valence-electron chi connectivity index (χ1n) is 12.7. The van der Waals surface area contributed by atoms with Crippen molar-refractivity contribution in [3.8, 4) is 0 Å². The van der Waals surface area contributed by atoms with Gasteiger partial charge >= 0.3 is 5.97 Å². The monoisotopic (exact) mass is 485 g/mol. The van der Waals surface area contributed by atoms with Crippen LogP contribution in [-0.4, -0.2) is 86.3 Å². The molecular weight excluding hydrogens is 450 g/mol. The first kappa shape index (κ1) is 23.0. The maximum absolute atomic E-state index is 12.7. The highest BCUT2D eigenvalue weighted by molar-refractivity contribution is 5.81. The number of nitrogens with zero attached hydrogens (tertiary/aromatic N) is 2. The fourth-order valence-corrected chi connectivity index (χ4v) is 6.30. The van der Waals surface area contributed by atoms with Crippen LogP contribution in [0.4, 0.5) is 11.4 Å². The second-order valence-electron chi connectivity index (χ2n) is 10.5. The van der Waals surface area contributed by atoms with Gasteiger partial charge in [-0.25, -0.2) is 5.43 Å². The number of hydrazine groups is 1. The van der Waals surface area contributed by atoms with Crippen LogP contribution in [0.25, 0.3) is 0 Å². The number of anilines is 2. The van der Waals surface area contributed by atoms with Gasteiger partial charge in [-0.05, 0) is 48.9 Å². The zero-order valence-electron chi connectivity index (χ0n) is 19.8. The molecule has 1 saturated carbocycles. The third-order valence-electron chi connectivity index (χ3n) is 8.55. The number of carbonyl (C=O) groups excluding carboxylic acids is 1. The van der Waals surface area contributed by atoms with E-state index >= 15 is 0 Å². The standard InChI is InChI=1S/C24H35N7O4/c32-21-19-18(14-25-29-21)27-23(31-9-11-35-12-10-31)28-20(19)26-15-1-3-16(4-2-15)30-7-5-24(6-8-30)13-17(24)22(33)34/h1-4,17-20,23,25-28H,5-14H2,(H,29,32)(H,33,34). The molecule has 4 saturated heterocycles. The number of fused-ring (bicyclic) bond motifs is 1. The van der Waals surface area contributed by atoms with E-state index in [0.717, 1.165) is 56.8 Å². The Balaban J connectivity index is 1.11. The molecule has 1 aliphatic carbocycles. The third kappa shape index (κ3) is 4.47. The molecule has 6 N–H and O–H groups in total. The van der Waals surface area contributed by atoms with Gasteiger partial charge in [-0.15, -0.1) is 0 Å². The van der Waals surface area contributed by atoms with Crippen LogP contribution >= 0.6 is 0 Å². The van der Waals surface area contributed by atoms with E-state index in [1.165, 1.54) is 0 Å². The Labute approximate surface area is 204 Å². The lowest BCUT2D eigenvalue weighted by Gasteiger charge is -2.49. The smallest absolute Gasteiger partial charge is 0.307 e. The van der Waals surface area contributed by atoms with E-state index in [-0.39, 0.29) is 41.7 Å². The van der Waals surface area contributed by atoms with Crippen molar-refractivity contribution in [1.82, 2.24) is 26.4 Å². The molecule has 11 heteroatoms. The molecule has 11 nitrogen and oxygen atoms in total. The van der Waals surface area contributed by atoms with Gasteiger partial charge in [0.15, 0.2) is 0 Å². The molecule has 5 aliphatic rings. The quantitative estimate of drug-likeness (QED) is 0.326. The number of rotatable bonds is 5. The largest absolute Gasteiger partial charge is 0.481 e. The van der Waals surface area contributed by atoms with Crippen molar-refractivity contribution in [2.45, 2.75) is 37.8 Å². The molecular formula is C24H35N7O4. The Morgan fingerprint density at radius 3 is 2.51 bits per heavy atom. The van der Waals surface area contributed by atoms with Gasteiger partial charge in [-0.2, -0.15) is 0 Å². The summed E-state index contributed by atoms with van der Waals surface area (Å²) in [5, 5.41) is 20.1. The molecule has 1 spiro atoms. The lowest BCUT2D eigenvalue weighted by atomic mass is 9.90. The number of carbonyl (C=O) groups is 2. The molecule has 6 rings (SSSR count). The first-order chi connectivity index (χ1) is 17.0. The fourth-order valence-electron chi connectivity index (χ4n) is 6.30. The summed E-state index contributed by atoms with van der Waals surface area (Å²) >= 11 is 0. The number of amides is 1. The number of morpholine rings is 1. The maximum atomic E-state index is 12.7. The average molecular weight is 486 g/mol. The van der Waals surface area contributed by atoms with Crippen molar-refractivity contribution < 1.29 is 19.4 Å². The van der Waals surface area contributed by atoms with E-state index in [1.54, 1.807) is 0 Å². The predicted molar refractivity (Wildman–Crippen MR) is 129 cm³/mol. The van der Waals surface area contributed by atoms with Crippen LogP contribution in [0.2, 0.25) is 0 Å². The Morgan fingerprint density at radius 2 is 1.83 bits per heavy atom. The van der Waals surface area contributed by atoms with E-state index in [4.69, 9.17) is 4.74 Å². The number of piperidine rings is 1. The molecule has 0 radical (unpaired) electrons. The fraction of sp³-hybridized carbons (Fsp3) is 0.667. The number of aliphatic carboxylic acids is 1. The lowest BCUT2D eigenvalue weighted by Crippen LogP contribution is -2.77. The predicted octanol–water partition coefficient (Wildman–Crippen LogP) is -0.456. The zero-order valence-corrected chi connectivity index (χ0v) is 19.8. The number of carboxylic acid groups (broad SMARTS) is 1. The Morgan fingerprint density at radius 1 is 1.09 bits per heavy atom. The topological polar surface area (TPSA) is 130 Å². The van der Waals surface area contributed by atoms with Crippen molar-refractivity contribution in [3.63, 3.8) is 0 Å². The number of hydrogen-bond acceptors (Lipinski definition) is 9. The molecule has 35 heavy (non-hydrogen) atoms. The summed E-state index contributed by atoms with van der Waals surface area (Å²) in [5.74, 6) is -1.07. The van der Waals surface area contributed by atoms with E-state index in [1.807, 2.05) is 0 Å². The average Bonchev–Trinajstić information content (AvgIpc) is 3.59. The van der Waals surface area contributed by atoms with Crippen LogP contribution < -0.4 is 31.7 Å². The van der Waals surface area contributed by atoms with Gasteiger partial charge in [-0.3, -0.25) is 30.5 Å². The Bertz CT molecular complexity index is 946. The minimum absolute atomic E-state index is 0.00680. The molecule has 5 fully saturated rings. The summed E-state index contributed by atoms with van der Waals surface area (Å²) in [6, 6.07) is 8.37. The van der Waals surface area contributed by atoms with Crippen molar-refractivity contribution in [1.29, 1.82) is 0 Å². The van der Waals surface area contributed by atoms with Crippen molar-refractivity contribution >= 4 is 23.3 Å². The Hall–Kier alpha value is -2.44. The number of hydrogen-bond donors (Lipinski definition) is 6. The van der Waals surface area contributed by atoms with Crippen molar-refractivity contribution in [3.05, 3.63) is 24.3 Å². The minimum atomic E-state index is -0.638. The van der Waals surface area contributed by atoms with Crippen LogP contribution in [-0.2, 0) is 14.3 Å². The van der Waals surface area contributed by atoms with E-state index < -0.39 is 5.97 Å². The summed E-state index contributed by atoms with van der Waals surface area (Å²) in [6.45, 7) is 5.55. The van der Waals surface area contributed by atoms with Crippen molar-refractivity contribution in [2.24, 2.45) is 17.3 Å². The highest BCUT2D eigenvalue weighted by Crippen LogP contribution is 2.59. The van der Waals surface area contributed by atoms with Gasteiger partial charge in [0, 0.05) is 50.1 Å². The molecule has 5 unspecified atom stereocenters. The van der Waals surface area contributed by atoms with Gasteiger partial charge in [0.25, 0.3) is 0 Å². The highest BCUT2D eigenvalue weighted by Gasteiger charge is 2.58. The summed E-state index contributed by atoms with van der Waals surface area (Å²) in [5.41, 5.74) is 7.93. The minimum Gasteiger partial charge on any atom is -0.481 e. The van der Waals surface area contributed by atoms with Crippen LogP contribution in [0.15, 0.2) is 24.3 Å². The van der Waals surface area contributed by atoms with Crippen LogP contribution in [0, 0.1) is 17.3 Å². The molecule has 1 aromatic carbocycles. The van der Waals surface area contributed by atoms with E-state index in [0.29, 0.717) is 19.8 Å². The normalized spacial score (nSPS) is 34.7. The van der Waals surface area contributed by atoms with E-state index in [9.17, 15) is 14.7 Å². The van der Waals surface area contributed by atoms with Gasteiger partial charge in [0.1, 0.15) is 6.29 Å². The number of nitrogens with one attached hydrogen (secondary N) is 5. The van der Waals surface area contributed by atoms with Crippen LogP contribution in [0.3, 0.4) is 0 Å². The molecule has 190 valence electrons. The lowest BCUT2D eigenvalue weighted by molar-refractivity contribution is -0.139. The number of carboxylic acids is 1. The molecule has 1 amide bonds. The first-order valence-corrected chi connectivity index (χ1v) is 12.7. The summed E-state index contributed by atoms with van der Waals surface area (Å²) in [6.07, 6.45) is 2.46. The second-order valence-corrected chi connectivity index (χ2v) is 10.5. The maximum Gasteiger partial charge on any atom is 0.307 e. The van der Waals surface area contributed by atoms with Gasteiger partial charge in [0.05, 0.1) is 31.2 Å². The SMILES string of the molecule is O=C1NNCC2NC(N3CCOCC3)NC(Nc3ccc(N4CCC5(CC4)CC5C(=O)O)cc3)C12. The molecule has 0 aromatic heterocycles. The molecule has 0 bridgehead atoms. The number of benzene rings is 1. The van der Waals surface area contributed by atoms with Crippen LogP contribution in [0.1, 0.15) is 19.3 Å². The summed E-state index contributed by atoms with van der Waals surface area (Å²) < 4.78 is 5.51. The summed E-state index contributed by atoms with van der Waals surface area (Å²) in [7, 11) is 0. The van der Waals surface area contributed by atoms with Gasteiger partial charge in [-0.1, -0.05) is 0 Å². The molecule has 5 atom stereocenters. The van der Waals surface area contributed by atoms with Crippen molar-refractivity contribution in [2.75, 3.05) is 56.2 Å². The van der Waals surface area contributed by atoms with Gasteiger partial charge < -0.3 is 20.1 Å². The highest BCUT2D eigenvalue weighted by atomic mass is 16.5. The van der Waals surface area contributed by atoms with Crippen LogP contribution in [0.5, 0.6) is 0 Å².